The van der Waals surface area contributed by atoms with Gasteiger partial charge in [0.25, 0.3) is 17.3 Å². The zero-order valence-corrected chi connectivity index (χ0v) is 15.6. The summed E-state index contributed by atoms with van der Waals surface area (Å²) in [7, 11) is 1.38. The van der Waals surface area contributed by atoms with E-state index in [1.165, 1.54) is 61.7 Å². The van der Waals surface area contributed by atoms with Gasteiger partial charge in [-0.2, -0.15) is 0 Å². The summed E-state index contributed by atoms with van der Waals surface area (Å²) in [5.41, 5.74) is -0.395. The van der Waals surface area contributed by atoms with Crippen LogP contribution in [0.25, 0.3) is 0 Å². The van der Waals surface area contributed by atoms with Gasteiger partial charge in [0.1, 0.15) is 29.6 Å². The Bertz CT molecular complexity index is 1090. The lowest BCUT2D eigenvalue weighted by atomic mass is 10.2. The number of carbonyl (C=O) groups is 1. The summed E-state index contributed by atoms with van der Waals surface area (Å²) in [5, 5.41) is 24.3. The van der Waals surface area contributed by atoms with Crippen LogP contribution < -0.4 is 14.8 Å². The summed E-state index contributed by atoms with van der Waals surface area (Å²) >= 11 is 0. The number of nitro groups is 2. The molecule has 3 aromatic rings. The summed E-state index contributed by atoms with van der Waals surface area (Å²) in [6.07, 6.45) is 0. The maximum atomic E-state index is 12.4. The zero-order valence-electron chi connectivity index (χ0n) is 15.6. The average molecular weight is 413 g/mol. The lowest BCUT2D eigenvalue weighted by Crippen LogP contribution is -2.12. The van der Waals surface area contributed by atoms with Crippen LogP contribution >= 0.6 is 0 Å². The molecule has 0 aliphatic rings. The Morgan fingerprint density at radius 1 is 1.00 bits per heavy atom. The van der Waals surface area contributed by atoms with E-state index >= 15 is 0 Å². The molecule has 0 aliphatic heterocycles. The van der Waals surface area contributed by atoms with Crippen LogP contribution in [0.2, 0.25) is 0 Å². The molecule has 0 radical (unpaired) electrons. The molecule has 154 valence electrons. The van der Waals surface area contributed by atoms with Crippen LogP contribution in [0, 0.1) is 20.2 Å². The van der Waals surface area contributed by atoms with Crippen molar-refractivity contribution in [2.75, 3.05) is 12.4 Å². The molecule has 0 saturated carbocycles. The third-order valence-corrected chi connectivity index (χ3v) is 3.96. The van der Waals surface area contributed by atoms with Gasteiger partial charge in [-0.05, 0) is 36.4 Å². The minimum atomic E-state index is -0.676. The molecule has 1 aromatic heterocycles. The third kappa shape index (κ3) is 4.70. The highest BCUT2D eigenvalue weighted by molar-refractivity contribution is 6.03. The summed E-state index contributed by atoms with van der Waals surface area (Å²) in [6.45, 7) is -0.0201. The van der Waals surface area contributed by atoms with Crippen LogP contribution in [0.3, 0.4) is 0 Å². The summed E-state index contributed by atoms with van der Waals surface area (Å²) in [5.74, 6) is 0.246. The molecule has 1 heterocycles. The van der Waals surface area contributed by atoms with E-state index in [-0.39, 0.29) is 35.2 Å². The number of anilines is 1. The lowest BCUT2D eigenvalue weighted by molar-refractivity contribution is -0.384. The molecule has 0 bridgehead atoms. The van der Waals surface area contributed by atoms with E-state index in [1.807, 2.05) is 0 Å². The van der Waals surface area contributed by atoms with Crippen molar-refractivity contribution in [3.63, 3.8) is 0 Å². The molecular formula is C19H15N3O8. The van der Waals surface area contributed by atoms with Crippen molar-refractivity contribution in [1.82, 2.24) is 0 Å². The van der Waals surface area contributed by atoms with Crippen molar-refractivity contribution >= 4 is 23.0 Å². The fourth-order valence-corrected chi connectivity index (χ4v) is 2.48. The molecule has 0 spiro atoms. The molecule has 1 N–H and O–H groups in total. The Morgan fingerprint density at radius 2 is 1.70 bits per heavy atom. The summed E-state index contributed by atoms with van der Waals surface area (Å²) in [4.78, 5) is 33.1. The first-order chi connectivity index (χ1) is 14.4. The van der Waals surface area contributed by atoms with Crippen LogP contribution in [0.1, 0.15) is 16.3 Å². The van der Waals surface area contributed by atoms with Crippen molar-refractivity contribution in [1.29, 1.82) is 0 Å². The topological polar surface area (TPSA) is 147 Å². The van der Waals surface area contributed by atoms with Crippen LogP contribution in [-0.2, 0) is 6.61 Å². The number of benzene rings is 2. The number of methoxy groups -OCH3 is 1. The summed E-state index contributed by atoms with van der Waals surface area (Å²) in [6, 6.07) is 12.4. The van der Waals surface area contributed by atoms with E-state index in [0.717, 1.165) is 0 Å². The van der Waals surface area contributed by atoms with E-state index in [9.17, 15) is 25.0 Å². The maximum absolute atomic E-state index is 12.4. The first-order valence-electron chi connectivity index (χ1n) is 8.47. The Kier molecular flexibility index (Phi) is 5.92. The third-order valence-electron chi connectivity index (χ3n) is 3.96. The molecule has 3 rings (SSSR count). The number of nitro benzene ring substituents is 2. The number of ether oxygens (including phenoxy) is 2. The van der Waals surface area contributed by atoms with Gasteiger partial charge in [0, 0.05) is 12.1 Å². The number of nitrogens with zero attached hydrogens (tertiary/aromatic N) is 2. The number of hydrogen-bond acceptors (Lipinski definition) is 8. The quantitative estimate of drug-likeness (QED) is 0.431. The Labute approximate surface area is 169 Å². The van der Waals surface area contributed by atoms with E-state index in [1.54, 1.807) is 0 Å². The van der Waals surface area contributed by atoms with Crippen LogP contribution in [-0.4, -0.2) is 22.9 Å². The van der Waals surface area contributed by atoms with Gasteiger partial charge in [0.15, 0.2) is 5.76 Å². The van der Waals surface area contributed by atoms with Crippen molar-refractivity contribution in [2.24, 2.45) is 0 Å². The van der Waals surface area contributed by atoms with Gasteiger partial charge in [-0.25, -0.2) is 0 Å². The van der Waals surface area contributed by atoms with E-state index in [0.29, 0.717) is 11.5 Å². The molecule has 0 aliphatic carbocycles. The minimum Gasteiger partial charge on any atom is -0.496 e. The van der Waals surface area contributed by atoms with Gasteiger partial charge in [-0.15, -0.1) is 0 Å². The van der Waals surface area contributed by atoms with Crippen molar-refractivity contribution < 1.29 is 28.5 Å². The van der Waals surface area contributed by atoms with Crippen molar-refractivity contribution in [2.45, 2.75) is 6.61 Å². The van der Waals surface area contributed by atoms with Crippen LogP contribution in [0.4, 0.5) is 17.1 Å². The average Bonchev–Trinajstić information content (AvgIpc) is 3.22. The molecule has 0 fully saturated rings. The lowest BCUT2D eigenvalue weighted by Gasteiger charge is -2.06. The maximum Gasteiger partial charge on any atom is 0.296 e. The van der Waals surface area contributed by atoms with Crippen LogP contribution in [0.15, 0.2) is 59.0 Å². The second kappa shape index (κ2) is 8.73. The zero-order chi connectivity index (χ0) is 21.7. The Balaban J connectivity index is 1.65. The Morgan fingerprint density at radius 3 is 2.33 bits per heavy atom. The molecular weight excluding hydrogens is 398 g/mol. The molecule has 0 unspecified atom stereocenters. The normalized spacial score (nSPS) is 10.3. The van der Waals surface area contributed by atoms with E-state index < -0.39 is 15.8 Å². The molecule has 11 heteroatoms. The molecule has 0 saturated heterocycles. The standard InChI is InChI=1S/C19H15N3O8/c1-28-14-6-8-16(17(10-14)22(26)27)20-19(23)18-9-7-15(30-18)11-29-13-4-2-12(3-5-13)21(24)25/h2-10H,11H2,1H3,(H,20,23). The number of nitrogens with one attached hydrogen (secondary N) is 1. The first kappa shape index (κ1) is 20.3. The van der Waals surface area contributed by atoms with Crippen molar-refractivity contribution in [3.8, 4) is 11.5 Å². The van der Waals surface area contributed by atoms with E-state index in [2.05, 4.69) is 5.32 Å². The highest BCUT2D eigenvalue weighted by Gasteiger charge is 2.20. The van der Waals surface area contributed by atoms with Gasteiger partial charge in [-0.3, -0.25) is 25.0 Å². The molecule has 11 nitrogen and oxygen atoms in total. The predicted molar refractivity (Wildman–Crippen MR) is 104 cm³/mol. The second-order valence-electron chi connectivity index (χ2n) is 5.90. The summed E-state index contributed by atoms with van der Waals surface area (Å²) < 4.78 is 15.8. The number of carbonyl (C=O) groups excluding carboxylic acids is 1. The number of hydrogen-bond donors (Lipinski definition) is 1. The largest absolute Gasteiger partial charge is 0.496 e. The molecule has 1 amide bonds. The SMILES string of the molecule is COc1ccc(NC(=O)c2ccc(COc3ccc([N+](=O)[O-])cc3)o2)c([N+](=O)[O-])c1. The van der Waals surface area contributed by atoms with Gasteiger partial charge >= 0.3 is 0 Å². The van der Waals surface area contributed by atoms with Crippen LogP contribution in [0.5, 0.6) is 11.5 Å². The van der Waals surface area contributed by atoms with Gasteiger partial charge in [0.05, 0.1) is 23.0 Å². The first-order valence-corrected chi connectivity index (χ1v) is 8.47. The monoisotopic (exact) mass is 413 g/mol. The number of non-ortho nitro benzene ring substituents is 1. The minimum absolute atomic E-state index is 0.00844. The highest BCUT2D eigenvalue weighted by Crippen LogP contribution is 2.29. The molecule has 2 aromatic carbocycles. The van der Waals surface area contributed by atoms with Crippen molar-refractivity contribution in [3.05, 3.63) is 86.3 Å². The Hall–Kier alpha value is -4.41. The second-order valence-corrected chi connectivity index (χ2v) is 5.90. The van der Waals surface area contributed by atoms with E-state index in [4.69, 9.17) is 13.9 Å². The van der Waals surface area contributed by atoms with Gasteiger partial charge in [-0.1, -0.05) is 0 Å². The number of furan rings is 1. The smallest absolute Gasteiger partial charge is 0.296 e. The van der Waals surface area contributed by atoms with Gasteiger partial charge in [0.2, 0.25) is 0 Å². The van der Waals surface area contributed by atoms with Gasteiger partial charge < -0.3 is 19.2 Å². The molecule has 30 heavy (non-hydrogen) atoms. The highest BCUT2D eigenvalue weighted by atomic mass is 16.6. The fourth-order valence-electron chi connectivity index (χ4n) is 2.48. The molecule has 0 atom stereocenters. The number of rotatable bonds is 8. The predicted octanol–water partition coefficient (Wildman–Crippen LogP) is 3.94. The fraction of sp³-hybridized carbons (Fsp3) is 0.105. The number of amides is 1.